The molecule has 0 saturated carbocycles. The second-order valence-electron chi connectivity index (χ2n) is 5.13. The predicted octanol–water partition coefficient (Wildman–Crippen LogP) is 1.27. The van der Waals surface area contributed by atoms with Crippen molar-refractivity contribution >= 4 is 16.9 Å². The van der Waals surface area contributed by atoms with Crippen LogP contribution in [0.3, 0.4) is 0 Å². The van der Waals surface area contributed by atoms with E-state index in [0.29, 0.717) is 32.7 Å². The summed E-state index contributed by atoms with van der Waals surface area (Å²) in [6.45, 7) is 4.28. The Kier molecular flexibility index (Phi) is 5.77. The van der Waals surface area contributed by atoms with Crippen LogP contribution in [0.4, 0.5) is 0 Å². The monoisotopic (exact) mass is 305 g/mol. The lowest BCUT2D eigenvalue weighted by molar-refractivity contribution is -0.121. The van der Waals surface area contributed by atoms with Gasteiger partial charge < -0.3 is 10.1 Å². The van der Waals surface area contributed by atoms with Crippen LogP contribution in [0.1, 0.15) is 19.8 Å². The first-order valence-electron chi connectivity index (χ1n) is 7.64. The summed E-state index contributed by atoms with van der Waals surface area (Å²) in [5.74, 6) is -0.0451. The normalized spacial score (nSPS) is 11.0. The zero-order chi connectivity index (χ0) is 15.9. The second kappa shape index (κ2) is 7.79. The van der Waals surface area contributed by atoms with E-state index in [2.05, 4.69) is 5.32 Å². The third-order valence-corrected chi connectivity index (χ3v) is 3.61. The van der Waals surface area contributed by atoms with Crippen LogP contribution in [0.5, 0.6) is 0 Å². The van der Waals surface area contributed by atoms with Gasteiger partial charge in [0.25, 0.3) is 0 Å². The molecule has 2 rings (SSSR count). The molecule has 6 nitrogen and oxygen atoms in total. The largest absolute Gasteiger partial charge is 0.382 e. The number of amides is 1. The van der Waals surface area contributed by atoms with Crippen molar-refractivity contribution in [3.8, 4) is 0 Å². The van der Waals surface area contributed by atoms with Gasteiger partial charge in [-0.05, 0) is 25.5 Å². The first-order chi connectivity index (χ1) is 10.6. The van der Waals surface area contributed by atoms with Crippen molar-refractivity contribution in [3.05, 3.63) is 34.7 Å². The molecule has 0 aliphatic heterocycles. The Hall–Kier alpha value is -2.08. The molecule has 6 heteroatoms. The Bertz CT molecular complexity index is 687. The Morgan fingerprint density at radius 1 is 1.27 bits per heavy atom. The average molecular weight is 305 g/mol. The van der Waals surface area contributed by atoms with Crippen molar-refractivity contribution < 1.29 is 9.53 Å². The molecule has 2 aromatic rings. The van der Waals surface area contributed by atoms with Gasteiger partial charge in [-0.2, -0.15) is 0 Å². The first kappa shape index (κ1) is 16.3. The zero-order valence-corrected chi connectivity index (χ0v) is 13.2. The molecule has 0 aliphatic carbocycles. The van der Waals surface area contributed by atoms with Gasteiger partial charge in [0, 0.05) is 39.8 Å². The molecular weight excluding hydrogens is 282 g/mol. The van der Waals surface area contributed by atoms with Crippen molar-refractivity contribution in [1.29, 1.82) is 0 Å². The summed E-state index contributed by atoms with van der Waals surface area (Å²) in [4.78, 5) is 24.0. The fourth-order valence-electron chi connectivity index (χ4n) is 2.43. The summed E-state index contributed by atoms with van der Waals surface area (Å²) >= 11 is 0. The molecule has 1 N–H and O–H groups in total. The standard InChI is InChI=1S/C16H23N3O3/c1-3-22-12-6-10-17-15(20)9-11-19-14-8-5-4-7-13(14)18(2)16(19)21/h4-5,7-8H,3,6,9-12H2,1-2H3,(H,17,20). The molecule has 0 bridgehead atoms. The number of aromatic nitrogens is 2. The lowest BCUT2D eigenvalue weighted by Crippen LogP contribution is -2.29. The molecule has 0 unspecified atom stereocenters. The number of nitrogens with zero attached hydrogens (tertiary/aromatic N) is 2. The highest BCUT2D eigenvalue weighted by Crippen LogP contribution is 2.11. The highest BCUT2D eigenvalue weighted by Gasteiger charge is 2.11. The summed E-state index contributed by atoms with van der Waals surface area (Å²) in [6.07, 6.45) is 1.09. The van der Waals surface area contributed by atoms with Crippen LogP contribution in [0.2, 0.25) is 0 Å². The molecule has 0 fully saturated rings. The van der Waals surface area contributed by atoms with Crippen molar-refractivity contribution in [3.63, 3.8) is 0 Å². The molecule has 22 heavy (non-hydrogen) atoms. The quantitative estimate of drug-likeness (QED) is 0.747. The minimum atomic E-state index is -0.0923. The first-order valence-corrected chi connectivity index (χ1v) is 7.64. The molecule has 1 aromatic carbocycles. The van der Waals surface area contributed by atoms with Crippen molar-refractivity contribution in [2.75, 3.05) is 19.8 Å². The average Bonchev–Trinajstić information content (AvgIpc) is 2.77. The number of carbonyl (C=O) groups excluding carboxylic acids is 1. The van der Waals surface area contributed by atoms with Crippen molar-refractivity contribution in [2.24, 2.45) is 7.05 Å². The number of nitrogens with one attached hydrogen (secondary N) is 1. The van der Waals surface area contributed by atoms with Gasteiger partial charge in [-0.1, -0.05) is 12.1 Å². The van der Waals surface area contributed by atoms with Crippen LogP contribution in [-0.2, 0) is 23.1 Å². The van der Waals surface area contributed by atoms with Gasteiger partial charge in [-0.25, -0.2) is 4.79 Å². The lowest BCUT2D eigenvalue weighted by atomic mass is 10.3. The third kappa shape index (κ3) is 3.76. The summed E-state index contributed by atoms with van der Waals surface area (Å²) in [7, 11) is 1.75. The van der Waals surface area contributed by atoms with E-state index >= 15 is 0 Å². The molecule has 1 aromatic heterocycles. The molecule has 1 heterocycles. The van der Waals surface area contributed by atoms with Gasteiger partial charge in [0.1, 0.15) is 0 Å². The van der Waals surface area contributed by atoms with Crippen LogP contribution >= 0.6 is 0 Å². The number of aryl methyl sites for hydroxylation is 2. The molecule has 0 spiro atoms. The highest BCUT2D eigenvalue weighted by molar-refractivity contribution is 5.77. The maximum atomic E-state index is 12.2. The summed E-state index contributed by atoms with van der Waals surface area (Å²) in [5.41, 5.74) is 1.65. The van der Waals surface area contributed by atoms with Gasteiger partial charge in [-0.15, -0.1) is 0 Å². The van der Waals surface area contributed by atoms with E-state index in [1.807, 2.05) is 31.2 Å². The second-order valence-corrected chi connectivity index (χ2v) is 5.13. The van der Waals surface area contributed by atoms with Crippen molar-refractivity contribution in [1.82, 2.24) is 14.5 Å². The van der Waals surface area contributed by atoms with Gasteiger partial charge in [0.15, 0.2) is 0 Å². The summed E-state index contributed by atoms with van der Waals surface area (Å²) in [5, 5.41) is 2.85. The number of ether oxygens (including phenoxy) is 1. The number of imidazole rings is 1. The van der Waals surface area contributed by atoms with E-state index in [-0.39, 0.29) is 11.6 Å². The molecule has 0 atom stereocenters. The predicted molar refractivity (Wildman–Crippen MR) is 85.9 cm³/mol. The Morgan fingerprint density at radius 3 is 2.73 bits per heavy atom. The molecule has 0 aliphatic rings. The number of fused-ring (bicyclic) bond motifs is 1. The van der Waals surface area contributed by atoms with Gasteiger partial charge >= 0.3 is 5.69 Å². The van der Waals surface area contributed by atoms with E-state index in [4.69, 9.17) is 4.74 Å². The van der Waals surface area contributed by atoms with Crippen LogP contribution in [0.25, 0.3) is 11.0 Å². The molecule has 1 amide bonds. The summed E-state index contributed by atoms with van der Waals surface area (Å²) < 4.78 is 8.47. The number of hydrogen-bond acceptors (Lipinski definition) is 3. The maximum absolute atomic E-state index is 12.2. The third-order valence-electron chi connectivity index (χ3n) is 3.61. The van der Waals surface area contributed by atoms with E-state index in [9.17, 15) is 9.59 Å². The number of benzene rings is 1. The van der Waals surface area contributed by atoms with Crippen LogP contribution in [0, 0.1) is 0 Å². The summed E-state index contributed by atoms with van der Waals surface area (Å²) in [6, 6.07) is 7.60. The van der Waals surface area contributed by atoms with Gasteiger partial charge in [0.2, 0.25) is 5.91 Å². The topological polar surface area (TPSA) is 65.3 Å². The Morgan fingerprint density at radius 2 is 2.00 bits per heavy atom. The van der Waals surface area contributed by atoms with Crippen molar-refractivity contribution in [2.45, 2.75) is 26.3 Å². The zero-order valence-electron chi connectivity index (χ0n) is 13.2. The van der Waals surface area contributed by atoms with Crippen LogP contribution in [0.15, 0.2) is 29.1 Å². The smallest absolute Gasteiger partial charge is 0.328 e. The lowest BCUT2D eigenvalue weighted by Gasteiger charge is -2.06. The molecular formula is C16H23N3O3. The fraction of sp³-hybridized carbons (Fsp3) is 0.500. The van der Waals surface area contributed by atoms with Gasteiger partial charge in [0.05, 0.1) is 11.0 Å². The van der Waals surface area contributed by atoms with E-state index in [1.165, 1.54) is 0 Å². The SMILES string of the molecule is CCOCCCNC(=O)CCn1c(=O)n(C)c2ccccc21. The number of rotatable bonds is 8. The van der Waals surface area contributed by atoms with E-state index < -0.39 is 0 Å². The fourth-order valence-corrected chi connectivity index (χ4v) is 2.43. The van der Waals surface area contributed by atoms with E-state index in [0.717, 1.165) is 17.5 Å². The maximum Gasteiger partial charge on any atom is 0.328 e. The van der Waals surface area contributed by atoms with E-state index in [1.54, 1.807) is 16.2 Å². The van der Waals surface area contributed by atoms with Crippen LogP contribution < -0.4 is 11.0 Å². The number of carbonyl (C=O) groups is 1. The Labute approximate surface area is 129 Å². The molecule has 120 valence electrons. The van der Waals surface area contributed by atoms with Crippen LogP contribution in [-0.4, -0.2) is 34.8 Å². The minimum absolute atomic E-state index is 0.0451. The molecule has 0 radical (unpaired) electrons. The number of para-hydroxylation sites is 2. The minimum Gasteiger partial charge on any atom is -0.382 e. The number of hydrogen-bond donors (Lipinski definition) is 1. The molecule has 0 saturated heterocycles. The highest BCUT2D eigenvalue weighted by atomic mass is 16.5. The van der Waals surface area contributed by atoms with Gasteiger partial charge in [-0.3, -0.25) is 13.9 Å². The Balaban J connectivity index is 1.91.